The van der Waals surface area contributed by atoms with Crippen LogP contribution in [0.4, 0.5) is 0 Å². The molecule has 0 amide bonds. The maximum absolute atomic E-state index is 10.8. The number of hydrogen-bond acceptors (Lipinski definition) is 5. The van der Waals surface area contributed by atoms with E-state index < -0.39 is 24.1 Å². The van der Waals surface area contributed by atoms with E-state index in [0.29, 0.717) is 0 Å². The highest BCUT2D eigenvalue weighted by atomic mass is 16.5. The Balaban J connectivity index is 0.00000289. The quantitative estimate of drug-likeness (QED) is 0.570. The highest BCUT2D eigenvalue weighted by molar-refractivity contribution is 5.84. The predicted molar refractivity (Wildman–Crippen MR) is 63.3 cm³/mol. The third kappa shape index (κ3) is 4.50. The minimum Gasteiger partial charge on any atom is -0.480 e. The van der Waals surface area contributed by atoms with E-state index in [0.717, 1.165) is 5.56 Å². The molecule has 0 heterocycles. The normalized spacial score (nSPS) is 13.2. The van der Waals surface area contributed by atoms with E-state index in [1.54, 1.807) is 30.3 Å². The molecule has 7 N–H and O–H groups in total. The zero-order valence-corrected chi connectivity index (χ0v) is 9.65. The number of rotatable bonds is 6. The van der Waals surface area contributed by atoms with Crippen molar-refractivity contribution in [2.75, 3.05) is 0 Å². The zero-order chi connectivity index (χ0) is 12.8. The van der Waals surface area contributed by atoms with E-state index in [1.165, 1.54) is 0 Å². The molecule has 0 aromatic heterocycles. The molecule has 0 aliphatic carbocycles. The van der Waals surface area contributed by atoms with Crippen LogP contribution < -0.4 is 11.9 Å². The van der Waals surface area contributed by atoms with Crippen molar-refractivity contribution < 1.29 is 24.5 Å². The van der Waals surface area contributed by atoms with E-state index in [2.05, 4.69) is 0 Å². The zero-order valence-electron chi connectivity index (χ0n) is 9.65. The first kappa shape index (κ1) is 16.0. The van der Waals surface area contributed by atoms with Gasteiger partial charge in [-0.05, 0) is 5.56 Å². The number of nitrogens with two attached hydrogens (primary N) is 1. The Bertz CT molecular complexity index is 396. The molecule has 100 valence electrons. The Hall–Kier alpha value is -1.96. The lowest BCUT2D eigenvalue weighted by Gasteiger charge is -2.17. The maximum Gasteiger partial charge on any atom is 0.335 e. The summed E-state index contributed by atoms with van der Waals surface area (Å²) < 4.78 is 5.01. The fourth-order valence-electron chi connectivity index (χ4n) is 1.22. The van der Waals surface area contributed by atoms with Gasteiger partial charge >= 0.3 is 11.9 Å². The third-order valence-electron chi connectivity index (χ3n) is 2.13. The second kappa shape index (κ2) is 7.38. The lowest BCUT2D eigenvalue weighted by molar-refractivity contribution is -0.159. The summed E-state index contributed by atoms with van der Waals surface area (Å²) in [6.07, 6.45) is -1.56. The Morgan fingerprint density at radius 3 is 2.17 bits per heavy atom. The lowest BCUT2D eigenvalue weighted by atomic mass is 10.1. The van der Waals surface area contributed by atoms with E-state index in [4.69, 9.17) is 20.7 Å². The second-order valence-electron chi connectivity index (χ2n) is 3.42. The summed E-state index contributed by atoms with van der Waals surface area (Å²) in [4.78, 5) is 21.4. The molecular weight excluding hydrogens is 240 g/mol. The largest absolute Gasteiger partial charge is 0.480 e. The minimum absolute atomic E-state index is 0. The van der Waals surface area contributed by atoms with E-state index in [9.17, 15) is 9.59 Å². The molecule has 0 spiro atoms. The van der Waals surface area contributed by atoms with Crippen LogP contribution in [0, 0.1) is 0 Å². The molecule has 1 aromatic rings. The SMILES string of the molecule is N.NC(C(=O)O)C(OCc1ccccc1)C(=O)O. The number of aliphatic carboxylic acids is 2. The van der Waals surface area contributed by atoms with Gasteiger partial charge in [0.15, 0.2) is 6.10 Å². The number of ether oxygens (including phenoxy) is 1. The molecule has 0 saturated carbocycles. The molecule has 2 atom stereocenters. The summed E-state index contributed by atoms with van der Waals surface area (Å²) in [6, 6.07) is 7.24. The summed E-state index contributed by atoms with van der Waals surface area (Å²) in [7, 11) is 0. The summed E-state index contributed by atoms with van der Waals surface area (Å²) >= 11 is 0. The van der Waals surface area contributed by atoms with Crippen LogP contribution >= 0.6 is 0 Å². The first-order valence-corrected chi connectivity index (χ1v) is 4.89. The average Bonchev–Trinajstić information content (AvgIpc) is 2.29. The lowest BCUT2D eigenvalue weighted by Crippen LogP contribution is -2.47. The molecule has 0 bridgehead atoms. The third-order valence-corrected chi connectivity index (χ3v) is 2.13. The molecule has 0 aliphatic heterocycles. The Labute approximate surface area is 104 Å². The molecule has 1 rings (SSSR count). The Kier molecular flexibility index (Phi) is 6.58. The molecule has 0 radical (unpaired) electrons. The van der Waals surface area contributed by atoms with Gasteiger partial charge in [-0.3, -0.25) is 4.79 Å². The molecule has 2 unspecified atom stereocenters. The van der Waals surface area contributed by atoms with E-state index >= 15 is 0 Å². The first-order valence-electron chi connectivity index (χ1n) is 4.89. The highest BCUT2D eigenvalue weighted by Gasteiger charge is 2.31. The van der Waals surface area contributed by atoms with E-state index in [-0.39, 0.29) is 12.8 Å². The molecule has 7 nitrogen and oxygen atoms in total. The van der Waals surface area contributed by atoms with Gasteiger partial charge in [0.05, 0.1) is 6.61 Å². The fourth-order valence-corrected chi connectivity index (χ4v) is 1.22. The van der Waals surface area contributed by atoms with Crippen molar-refractivity contribution in [2.45, 2.75) is 18.8 Å². The standard InChI is InChI=1S/C11H13NO5.H3N/c12-8(10(13)14)9(11(15)16)17-6-7-4-2-1-3-5-7;/h1-5,8-9H,6,12H2,(H,13,14)(H,15,16);1H3. The Morgan fingerprint density at radius 1 is 1.17 bits per heavy atom. The van der Waals surface area contributed by atoms with Gasteiger partial charge in [0.2, 0.25) is 0 Å². The first-order chi connectivity index (χ1) is 8.02. The molecule has 0 aliphatic rings. The van der Waals surface area contributed by atoms with Crippen molar-refractivity contribution >= 4 is 11.9 Å². The van der Waals surface area contributed by atoms with Crippen molar-refractivity contribution in [3.63, 3.8) is 0 Å². The minimum atomic E-state index is -1.59. The van der Waals surface area contributed by atoms with Gasteiger partial charge in [-0.2, -0.15) is 0 Å². The van der Waals surface area contributed by atoms with Gasteiger partial charge in [-0.25, -0.2) is 4.79 Å². The number of benzene rings is 1. The summed E-state index contributed by atoms with van der Waals surface area (Å²) in [5, 5.41) is 17.4. The van der Waals surface area contributed by atoms with Crippen LogP contribution in [0.5, 0.6) is 0 Å². The van der Waals surface area contributed by atoms with Gasteiger partial charge < -0.3 is 26.8 Å². The summed E-state index contributed by atoms with van der Waals surface area (Å²) in [6.45, 7) is -0.00120. The fraction of sp³-hybridized carbons (Fsp3) is 0.273. The molecule has 18 heavy (non-hydrogen) atoms. The monoisotopic (exact) mass is 256 g/mol. The smallest absolute Gasteiger partial charge is 0.335 e. The van der Waals surface area contributed by atoms with Crippen LogP contribution in [0.15, 0.2) is 30.3 Å². The number of carboxylic acids is 2. The van der Waals surface area contributed by atoms with Crippen molar-refractivity contribution in [1.29, 1.82) is 0 Å². The highest BCUT2D eigenvalue weighted by Crippen LogP contribution is 2.06. The van der Waals surface area contributed by atoms with Gasteiger partial charge in [-0.1, -0.05) is 30.3 Å². The molecule has 7 heteroatoms. The van der Waals surface area contributed by atoms with Crippen LogP contribution in [0.2, 0.25) is 0 Å². The van der Waals surface area contributed by atoms with Gasteiger partial charge in [0, 0.05) is 0 Å². The van der Waals surface area contributed by atoms with Crippen molar-refractivity contribution in [3.05, 3.63) is 35.9 Å². The van der Waals surface area contributed by atoms with Crippen LogP contribution in [-0.2, 0) is 20.9 Å². The van der Waals surface area contributed by atoms with E-state index in [1.807, 2.05) is 0 Å². The van der Waals surface area contributed by atoms with Crippen LogP contribution in [0.25, 0.3) is 0 Å². The summed E-state index contributed by atoms with van der Waals surface area (Å²) in [5.41, 5.74) is 5.97. The molecule has 0 fully saturated rings. The molecule has 0 saturated heterocycles. The van der Waals surface area contributed by atoms with Crippen molar-refractivity contribution in [3.8, 4) is 0 Å². The van der Waals surface area contributed by atoms with Gasteiger partial charge in [0.1, 0.15) is 6.04 Å². The van der Waals surface area contributed by atoms with Crippen LogP contribution in [0.1, 0.15) is 5.56 Å². The molecule has 1 aromatic carbocycles. The Morgan fingerprint density at radius 2 is 1.72 bits per heavy atom. The van der Waals surface area contributed by atoms with Gasteiger partial charge in [-0.15, -0.1) is 0 Å². The van der Waals surface area contributed by atoms with Crippen LogP contribution in [0.3, 0.4) is 0 Å². The predicted octanol–water partition coefficient (Wildman–Crippen LogP) is 0.230. The molecular formula is C11H16N2O5. The number of carboxylic acid groups (broad SMARTS) is 2. The number of carbonyl (C=O) groups is 2. The van der Waals surface area contributed by atoms with Gasteiger partial charge in [0.25, 0.3) is 0 Å². The van der Waals surface area contributed by atoms with Crippen LogP contribution in [-0.4, -0.2) is 34.3 Å². The van der Waals surface area contributed by atoms with Crippen molar-refractivity contribution in [2.24, 2.45) is 5.73 Å². The maximum atomic E-state index is 10.8. The second-order valence-corrected chi connectivity index (χ2v) is 3.42. The summed E-state index contributed by atoms with van der Waals surface area (Å²) in [5.74, 6) is -2.80. The average molecular weight is 256 g/mol. The topological polar surface area (TPSA) is 145 Å². The van der Waals surface area contributed by atoms with Crippen molar-refractivity contribution in [1.82, 2.24) is 6.15 Å². The number of hydrogen-bond donors (Lipinski definition) is 4.